The van der Waals surface area contributed by atoms with Crippen LogP contribution in [0.1, 0.15) is 36.9 Å². The van der Waals surface area contributed by atoms with Crippen LogP contribution in [-0.2, 0) is 12.8 Å². The number of carboxylic acids is 1. The molecule has 0 spiro atoms. The molecule has 0 bridgehead atoms. The summed E-state index contributed by atoms with van der Waals surface area (Å²) in [5, 5.41) is 8.89. The summed E-state index contributed by atoms with van der Waals surface area (Å²) in [7, 11) is 1.71. The third-order valence-corrected chi connectivity index (χ3v) is 4.99. The number of hydrogen-bond donors (Lipinski definition) is 1. The Morgan fingerprint density at radius 1 is 1.19 bits per heavy atom. The van der Waals surface area contributed by atoms with Crippen molar-refractivity contribution in [3.05, 3.63) is 51.2 Å². The fourth-order valence-electron chi connectivity index (χ4n) is 2.54. The summed E-state index contributed by atoms with van der Waals surface area (Å²) in [4.78, 5) is 27.0. The zero-order valence-corrected chi connectivity index (χ0v) is 12.4. The Morgan fingerprint density at radius 3 is 2.52 bits per heavy atom. The van der Waals surface area contributed by atoms with Crippen LogP contribution < -0.4 is 4.90 Å². The number of amides is 1. The Kier molecular flexibility index (Phi) is 3.51. The van der Waals surface area contributed by atoms with Crippen molar-refractivity contribution >= 4 is 28.9 Å². The van der Waals surface area contributed by atoms with Crippen molar-refractivity contribution in [1.29, 1.82) is 0 Å². The van der Waals surface area contributed by atoms with Gasteiger partial charge in [0.05, 0.1) is 10.4 Å². The minimum atomic E-state index is -0.967. The lowest BCUT2D eigenvalue weighted by atomic mass is 10.2. The van der Waals surface area contributed by atoms with Gasteiger partial charge in [0.25, 0.3) is 5.91 Å². The monoisotopic (exact) mass is 301 g/mol. The van der Waals surface area contributed by atoms with Crippen molar-refractivity contribution in [3.63, 3.8) is 0 Å². The highest BCUT2D eigenvalue weighted by Gasteiger charge is 2.21. The zero-order chi connectivity index (χ0) is 15.0. The molecular formula is C16H15NO3S. The number of carbonyl (C=O) groups is 2. The van der Waals surface area contributed by atoms with Gasteiger partial charge in [0, 0.05) is 17.6 Å². The standard InChI is InChI=1S/C16H15NO3S/c1-17(12-7-5-10(6-8-12)16(19)20)15(18)14-9-11-3-2-4-13(11)21-14/h5-9H,2-4H2,1H3,(H,19,20). The Balaban J connectivity index is 1.81. The van der Waals surface area contributed by atoms with E-state index in [1.807, 2.05) is 6.07 Å². The molecule has 1 aromatic heterocycles. The van der Waals surface area contributed by atoms with E-state index >= 15 is 0 Å². The number of rotatable bonds is 3. The van der Waals surface area contributed by atoms with E-state index in [1.54, 1.807) is 35.4 Å². The number of anilines is 1. The Morgan fingerprint density at radius 2 is 1.90 bits per heavy atom. The van der Waals surface area contributed by atoms with Crippen LogP contribution in [0, 0.1) is 0 Å². The van der Waals surface area contributed by atoms with E-state index in [0.717, 1.165) is 17.7 Å². The summed E-state index contributed by atoms with van der Waals surface area (Å²) >= 11 is 1.58. The van der Waals surface area contributed by atoms with Crippen molar-refractivity contribution in [2.75, 3.05) is 11.9 Å². The number of hydrogen-bond acceptors (Lipinski definition) is 3. The largest absolute Gasteiger partial charge is 0.478 e. The van der Waals surface area contributed by atoms with Crippen LogP contribution in [0.5, 0.6) is 0 Å². The van der Waals surface area contributed by atoms with Crippen LogP contribution in [0.15, 0.2) is 30.3 Å². The second kappa shape index (κ2) is 5.33. The summed E-state index contributed by atoms with van der Waals surface area (Å²) in [6.45, 7) is 0. The maximum atomic E-state index is 12.5. The van der Waals surface area contributed by atoms with E-state index in [4.69, 9.17) is 5.11 Å². The molecule has 4 nitrogen and oxygen atoms in total. The van der Waals surface area contributed by atoms with Crippen LogP contribution in [-0.4, -0.2) is 24.0 Å². The lowest BCUT2D eigenvalue weighted by molar-refractivity contribution is 0.0696. The summed E-state index contributed by atoms with van der Waals surface area (Å²) in [5.74, 6) is -1.01. The highest BCUT2D eigenvalue weighted by atomic mass is 32.1. The summed E-state index contributed by atoms with van der Waals surface area (Å²) in [5.41, 5.74) is 2.21. The highest BCUT2D eigenvalue weighted by Crippen LogP contribution is 2.31. The number of carbonyl (C=O) groups excluding carboxylic acids is 1. The highest BCUT2D eigenvalue weighted by molar-refractivity contribution is 7.14. The van der Waals surface area contributed by atoms with Crippen molar-refractivity contribution < 1.29 is 14.7 Å². The first-order valence-corrected chi connectivity index (χ1v) is 7.61. The van der Waals surface area contributed by atoms with E-state index in [-0.39, 0.29) is 11.5 Å². The topological polar surface area (TPSA) is 57.6 Å². The third-order valence-electron chi connectivity index (χ3n) is 3.76. The molecule has 1 N–H and O–H groups in total. The van der Waals surface area contributed by atoms with Crippen molar-refractivity contribution in [2.45, 2.75) is 19.3 Å². The number of carboxylic acid groups (broad SMARTS) is 1. The minimum absolute atomic E-state index is 0.0440. The van der Waals surface area contributed by atoms with Crippen LogP contribution >= 0.6 is 11.3 Å². The molecule has 1 aliphatic carbocycles. The zero-order valence-electron chi connectivity index (χ0n) is 11.6. The number of aromatic carboxylic acids is 1. The van der Waals surface area contributed by atoms with E-state index in [9.17, 15) is 9.59 Å². The summed E-state index contributed by atoms with van der Waals surface area (Å²) in [6, 6.07) is 8.33. The van der Waals surface area contributed by atoms with Crippen molar-refractivity contribution in [2.24, 2.45) is 0 Å². The molecule has 108 valence electrons. The molecular weight excluding hydrogens is 286 g/mol. The van der Waals surface area contributed by atoms with Gasteiger partial charge in [0.1, 0.15) is 0 Å². The quantitative estimate of drug-likeness (QED) is 0.947. The van der Waals surface area contributed by atoms with Crippen molar-refractivity contribution in [1.82, 2.24) is 0 Å². The second-order valence-corrected chi connectivity index (χ2v) is 6.27. The second-order valence-electron chi connectivity index (χ2n) is 5.13. The fraction of sp³-hybridized carbons (Fsp3) is 0.250. The van der Waals surface area contributed by atoms with Gasteiger partial charge in [-0.3, -0.25) is 4.79 Å². The predicted molar refractivity (Wildman–Crippen MR) is 82.5 cm³/mol. The first-order valence-electron chi connectivity index (χ1n) is 6.79. The van der Waals surface area contributed by atoms with Gasteiger partial charge in [-0.1, -0.05) is 0 Å². The lowest BCUT2D eigenvalue weighted by Crippen LogP contribution is -2.25. The van der Waals surface area contributed by atoms with E-state index in [0.29, 0.717) is 5.69 Å². The molecule has 0 unspecified atom stereocenters. The maximum absolute atomic E-state index is 12.5. The molecule has 1 aromatic carbocycles. The first kappa shape index (κ1) is 13.8. The van der Waals surface area contributed by atoms with Gasteiger partial charge in [-0.05, 0) is 55.2 Å². The summed E-state index contributed by atoms with van der Waals surface area (Å²) in [6.07, 6.45) is 3.32. The molecule has 0 saturated heterocycles. The lowest BCUT2D eigenvalue weighted by Gasteiger charge is -2.16. The maximum Gasteiger partial charge on any atom is 0.335 e. The molecule has 0 aliphatic heterocycles. The molecule has 1 aliphatic rings. The van der Waals surface area contributed by atoms with Crippen LogP contribution in [0.25, 0.3) is 0 Å². The number of benzene rings is 1. The average molecular weight is 301 g/mol. The van der Waals surface area contributed by atoms with Gasteiger partial charge in [-0.25, -0.2) is 4.79 Å². The Hall–Kier alpha value is -2.14. The third kappa shape index (κ3) is 2.56. The van der Waals surface area contributed by atoms with Crippen LogP contribution in [0.4, 0.5) is 5.69 Å². The molecule has 0 radical (unpaired) electrons. The first-order chi connectivity index (χ1) is 10.1. The van der Waals surface area contributed by atoms with Gasteiger partial charge in [-0.2, -0.15) is 0 Å². The smallest absolute Gasteiger partial charge is 0.335 e. The van der Waals surface area contributed by atoms with Crippen LogP contribution in [0.2, 0.25) is 0 Å². The molecule has 2 aromatic rings. The molecule has 1 heterocycles. The van der Waals surface area contributed by atoms with E-state index < -0.39 is 5.97 Å². The van der Waals surface area contributed by atoms with Gasteiger partial charge in [0.2, 0.25) is 0 Å². The average Bonchev–Trinajstić information content (AvgIpc) is 3.07. The van der Waals surface area contributed by atoms with Crippen LogP contribution in [0.3, 0.4) is 0 Å². The molecule has 1 amide bonds. The minimum Gasteiger partial charge on any atom is -0.478 e. The number of fused-ring (bicyclic) bond motifs is 1. The molecule has 5 heteroatoms. The molecule has 3 rings (SSSR count). The molecule has 0 fully saturated rings. The molecule has 0 saturated carbocycles. The fourth-order valence-corrected chi connectivity index (χ4v) is 3.77. The molecule has 21 heavy (non-hydrogen) atoms. The van der Waals surface area contributed by atoms with E-state index in [2.05, 4.69) is 0 Å². The normalized spacial score (nSPS) is 13.0. The number of thiophene rings is 1. The predicted octanol–water partition coefficient (Wildman–Crippen LogP) is 3.21. The van der Waals surface area contributed by atoms with Gasteiger partial charge in [0.15, 0.2) is 0 Å². The van der Waals surface area contributed by atoms with Gasteiger partial charge >= 0.3 is 5.97 Å². The SMILES string of the molecule is CN(C(=O)c1cc2c(s1)CCC2)c1ccc(C(=O)O)cc1. The van der Waals surface area contributed by atoms with Crippen molar-refractivity contribution in [3.8, 4) is 0 Å². The number of nitrogens with zero attached hydrogens (tertiary/aromatic N) is 1. The molecule has 0 atom stereocenters. The Bertz CT molecular complexity index is 681. The van der Waals surface area contributed by atoms with Gasteiger partial charge < -0.3 is 10.0 Å². The number of aryl methyl sites for hydroxylation is 2. The van der Waals surface area contributed by atoms with Gasteiger partial charge in [-0.15, -0.1) is 11.3 Å². The Labute approximate surface area is 126 Å². The summed E-state index contributed by atoms with van der Waals surface area (Å²) < 4.78 is 0. The van der Waals surface area contributed by atoms with E-state index in [1.165, 1.54) is 29.0 Å².